The number of anilines is 2. The number of primary amides is 2. The molecule has 2 aromatic carbocycles. The summed E-state index contributed by atoms with van der Waals surface area (Å²) in [6.07, 6.45) is 0. The number of nitrogens with one attached hydrogen (secondary N) is 2. The third-order valence-corrected chi connectivity index (χ3v) is 5.36. The second-order valence-electron chi connectivity index (χ2n) is 6.00. The van der Waals surface area contributed by atoms with E-state index < -0.39 is 53.3 Å². The van der Waals surface area contributed by atoms with Crippen LogP contribution in [0.1, 0.15) is 0 Å². The maximum absolute atomic E-state index is 10.9. The Morgan fingerprint density at radius 2 is 0.851 bits per heavy atom. The van der Waals surface area contributed by atoms with Gasteiger partial charge in [0.15, 0.2) is 0 Å². The molecule has 47 heavy (non-hydrogen) atoms. The number of rotatable bonds is 8. The van der Waals surface area contributed by atoms with Crippen molar-refractivity contribution >= 4 is 54.8 Å². The van der Waals surface area contributed by atoms with Gasteiger partial charge in [0.25, 0.3) is 11.8 Å². The molecule has 29 heteroatoms. The molecule has 2 amide bonds. The summed E-state index contributed by atoms with van der Waals surface area (Å²) in [4.78, 5) is 20.3. The van der Waals surface area contributed by atoms with Gasteiger partial charge in [-0.3, -0.25) is 20.4 Å². The average Bonchev–Trinajstić information content (AvgIpc) is 2.79. The summed E-state index contributed by atoms with van der Waals surface area (Å²) in [6, 6.07) is 13.1. The molecule has 0 fully saturated rings. The fourth-order valence-electron chi connectivity index (χ4n) is 2.06. The monoisotopic (exact) mass is 775 g/mol. The van der Waals surface area contributed by atoms with E-state index in [-0.39, 0.29) is 83.2 Å². The van der Waals surface area contributed by atoms with E-state index in [0.29, 0.717) is 0 Å². The molecule has 2 aromatic rings. The summed E-state index contributed by atoms with van der Waals surface area (Å²) >= 11 is 0. The van der Waals surface area contributed by atoms with Crippen molar-refractivity contribution < 1.29 is 107 Å². The Hall–Kier alpha value is -4.76. The van der Waals surface area contributed by atoms with Gasteiger partial charge in [-0.15, -0.1) is 0 Å². The molecule has 0 bridgehead atoms. The van der Waals surface area contributed by atoms with Crippen LogP contribution in [0.15, 0.2) is 68.5 Å². The molecule has 32 N–H and O–H groups in total. The molecular weight excluding hydrogens is 735 g/mol. The van der Waals surface area contributed by atoms with Gasteiger partial charge >= 0.3 is 17.1 Å². The van der Waals surface area contributed by atoms with E-state index in [0.717, 1.165) is 12.1 Å². The summed E-state index contributed by atoms with van der Waals surface area (Å²) < 4.78 is 65.4. The van der Waals surface area contributed by atoms with Crippen LogP contribution in [0.25, 0.3) is 0 Å². The zero-order valence-electron chi connectivity index (χ0n) is 23.5. The van der Waals surface area contributed by atoms with Crippen LogP contribution in [0.5, 0.6) is 0 Å². The first-order valence-corrected chi connectivity index (χ1v) is 11.7. The van der Waals surface area contributed by atoms with Crippen molar-refractivity contribution in [2.45, 2.75) is 9.79 Å². The number of carbonyl (C=O) groups is 2. The van der Waals surface area contributed by atoms with Crippen LogP contribution in [0, 0.1) is 22.7 Å². The van der Waals surface area contributed by atoms with Crippen molar-refractivity contribution in [1.29, 1.82) is 10.5 Å². The van der Waals surface area contributed by atoms with Crippen molar-refractivity contribution in [2.75, 3.05) is 10.9 Å². The second kappa shape index (κ2) is 32.6. The number of nitrogens with zero attached hydrogens (tertiary/aromatic N) is 4. The van der Waals surface area contributed by atoms with E-state index in [1.54, 1.807) is 0 Å². The summed E-state index contributed by atoms with van der Waals surface area (Å²) in [5.41, 5.74) is 12.3. The van der Waals surface area contributed by atoms with Gasteiger partial charge in [-0.2, -0.15) is 20.7 Å². The summed E-state index contributed by atoms with van der Waals surface area (Å²) in [5.74, 6) is -2.15. The molecule has 0 unspecified atom stereocenters. The van der Waals surface area contributed by atoms with Gasteiger partial charge in [-0.1, -0.05) is 24.3 Å². The number of carbonyl (C=O) groups excluding carboxylic acids is 2. The van der Waals surface area contributed by atoms with Gasteiger partial charge in [0, 0.05) is 0 Å². The number of nitrogens with two attached hydrogens (primary N) is 2. The fraction of sp³-hybridized carbons (Fsp3) is 0. The first-order valence-electron chi connectivity index (χ1n) is 8.89. The smallest absolute Gasteiger partial charge is 0.744 e. The molecule has 0 aliphatic heterocycles. The Morgan fingerprint density at radius 3 is 1.04 bits per heavy atom. The normalized spacial score (nSPS) is 8.94. The van der Waals surface area contributed by atoms with Gasteiger partial charge in [0.05, 0.1) is 21.2 Å². The number of hydrogen-bond donors (Lipinski definition) is 4. The maximum Gasteiger partial charge on any atom is 2.00 e. The van der Waals surface area contributed by atoms with Crippen LogP contribution in [0.2, 0.25) is 0 Å². The van der Waals surface area contributed by atoms with Gasteiger partial charge < -0.3 is 75.3 Å². The number of nitriles is 2. The molecule has 0 aliphatic rings. The molecule has 0 spiro atoms. The third kappa shape index (κ3) is 24.2. The Kier molecular flexibility index (Phi) is 51.1. The Balaban J connectivity index is -0.0000000497. The predicted molar refractivity (Wildman–Crippen MR) is 164 cm³/mol. The number of amides is 2. The number of benzene rings is 2. The third-order valence-electron chi connectivity index (χ3n) is 3.57. The molecule has 0 heterocycles. The molecule has 273 valence electrons. The van der Waals surface area contributed by atoms with E-state index in [1.807, 2.05) is 0 Å². The fourth-order valence-corrected chi connectivity index (χ4v) is 3.31. The van der Waals surface area contributed by atoms with Gasteiger partial charge in [0.2, 0.25) is 11.4 Å². The van der Waals surface area contributed by atoms with Crippen LogP contribution in [-0.4, -0.2) is 71.1 Å². The predicted octanol–water partition coefficient (Wildman–Crippen LogP) is -10.1. The minimum Gasteiger partial charge on any atom is -0.744 e. The van der Waals surface area contributed by atoms with Crippen molar-refractivity contribution in [3.63, 3.8) is 0 Å². The van der Waals surface area contributed by atoms with Gasteiger partial charge in [-0.05, 0) is 24.3 Å². The van der Waals surface area contributed by atoms with Crippen LogP contribution in [-0.2, 0) is 79.8 Å². The molecule has 26 nitrogen and oxygen atoms in total. The SMILES string of the molecule is N#C/C(=N\Nc1ccccc1S(=O)(=O)[O-])C(N)=O.N#C/C(=N\Nc1ccccc1S(=O)(=O)[O-])C(N)=O.O.O.O.O.[Mn+2].[OH3+].[OH3+].[OH3+].[OH3+].[OH3+].[OH3+]. The van der Waals surface area contributed by atoms with Crippen molar-refractivity contribution in [1.82, 2.24) is 0 Å². The number of para-hydroxylation sites is 2. The van der Waals surface area contributed by atoms with Crippen molar-refractivity contribution in [2.24, 2.45) is 21.7 Å². The number of hydrogen-bond acceptors (Lipinski definition) is 14. The standard InChI is InChI=1S/2C9H8N4O4S.Mn.10H2O/c2*10-5-7(9(11)14)13-12-6-3-1-2-4-8(6)18(15,16)17;;;;;;;;;;;/h2*1-4,12H,(H2,11,14)(H,15,16,17);;10*1H2/q;;+2;;;;;;;;;;/p+4/b2*13-7+;;;;;;;;;;;. The molecule has 2 rings (SSSR count). The minimum absolute atomic E-state index is 0. The molecule has 0 aliphatic carbocycles. The minimum atomic E-state index is -4.69. The summed E-state index contributed by atoms with van der Waals surface area (Å²) in [7, 11) is -9.38. The van der Waals surface area contributed by atoms with Gasteiger partial charge in [-0.25, -0.2) is 16.8 Å². The largest absolute Gasteiger partial charge is 2.00 e. The average molecular weight is 776 g/mol. The molecule has 0 aromatic heterocycles. The van der Waals surface area contributed by atoms with Crippen LogP contribution >= 0.6 is 0 Å². The second-order valence-corrected chi connectivity index (χ2v) is 8.69. The zero-order valence-corrected chi connectivity index (χ0v) is 26.3. The Bertz CT molecular complexity index is 1430. The number of hydrazone groups is 2. The first-order chi connectivity index (χ1) is 16.7. The van der Waals surface area contributed by atoms with Crippen molar-refractivity contribution in [3.05, 3.63) is 48.5 Å². The molecule has 1 radical (unpaired) electrons. The first kappa shape index (κ1) is 73.6. The van der Waals surface area contributed by atoms with E-state index in [2.05, 4.69) is 21.1 Å². The van der Waals surface area contributed by atoms with E-state index in [9.17, 15) is 35.5 Å². The van der Waals surface area contributed by atoms with E-state index >= 15 is 0 Å². The molecule has 0 saturated heterocycles. The molecular formula is C18H40MnN8O18S2+6. The summed E-state index contributed by atoms with van der Waals surface area (Å²) in [6.45, 7) is 0. The molecule has 0 saturated carbocycles. The van der Waals surface area contributed by atoms with Crippen LogP contribution < -0.4 is 22.3 Å². The zero-order chi connectivity index (χ0) is 27.5. The molecule has 0 atom stereocenters. The Morgan fingerprint density at radius 1 is 0.617 bits per heavy atom. The van der Waals surface area contributed by atoms with E-state index in [4.69, 9.17) is 22.0 Å². The van der Waals surface area contributed by atoms with Crippen LogP contribution in [0.3, 0.4) is 0 Å². The Labute approximate surface area is 275 Å². The quantitative estimate of drug-likeness (QED) is 0.0639. The maximum atomic E-state index is 10.9. The summed E-state index contributed by atoms with van der Waals surface area (Å²) in [5, 5.41) is 23.6. The van der Waals surface area contributed by atoms with Crippen LogP contribution in [0.4, 0.5) is 11.4 Å². The van der Waals surface area contributed by atoms with E-state index in [1.165, 1.54) is 48.5 Å². The van der Waals surface area contributed by atoms with Crippen molar-refractivity contribution in [3.8, 4) is 12.1 Å². The van der Waals surface area contributed by atoms with Gasteiger partial charge in [0.1, 0.15) is 32.4 Å². The topological polar surface area (TPSA) is 621 Å².